The van der Waals surface area contributed by atoms with Gasteiger partial charge < -0.3 is 19.9 Å². The Labute approximate surface area is 187 Å². The van der Waals surface area contributed by atoms with Gasteiger partial charge in [0, 0.05) is 43.9 Å². The quantitative estimate of drug-likeness (QED) is 0.671. The average Bonchev–Trinajstić information content (AvgIpc) is 3.20. The average molecular weight is 441 g/mol. The first-order valence-electron chi connectivity index (χ1n) is 10.7. The number of rotatable bonds is 4. The monoisotopic (exact) mass is 440 g/mol. The maximum atomic E-state index is 14.9. The van der Waals surface area contributed by atoms with Gasteiger partial charge in [0.15, 0.2) is 0 Å². The van der Waals surface area contributed by atoms with Crippen LogP contribution in [-0.4, -0.2) is 64.4 Å². The Bertz CT molecular complexity index is 1120. The normalized spacial score (nSPS) is 15.2. The van der Waals surface area contributed by atoms with Crippen molar-refractivity contribution < 1.29 is 13.9 Å². The number of nitrogens with one attached hydrogen (secondary N) is 1. The van der Waals surface area contributed by atoms with Crippen LogP contribution in [0, 0.1) is 5.82 Å². The van der Waals surface area contributed by atoms with E-state index in [1.807, 2.05) is 18.3 Å². The Balaban J connectivity index is 1.58. The standard InChI is InChI=1S/C23H29FN6O2/c1-23(2,3)32-22(31)25-14-17-6-5-16(13-18(17)24)21-19-7-8-26-30(19)15-20(27-21)29-11-9-28(4)10-12-29/h5-8,13,15H,9-12,14H2,1-4H3,(H,25,31). The number of amides is 1. The summed E-state index contributed by atoms with van der Waals surface area (Å²) in [7, 11) is 2.11. The van der Waals surface area contributed by atoms with Crippen LogP contribution in [0.3, 0.4) is 0 Å². The fraction of sp³-hybridized carbons (Fsp3) is 0.435. The van der Waals surface area contributed by atoms with E-state index in [1.165, 1.54) is 6.07 Å². The highest BCUT2D eigenvalue weighted by Crippen LogP contribution is 2.27. The van der Waals surface area contributed by atoms with Crippen molar-refractivity contribution in [3.63, 3.8) is 0 Å². The van der Waals surface area contributed by atoms with Crippen molar-refractivity contribution in [2.24, 2.45) is 0 Å². The molecule has 1 aliphatic heterocycles. The summed E-state index contributed by atoms with van der Waals surface area (Å²) in [6.45, 7) is 9.05. The summed E-state index contributed by atoms with van der Waals surface area (Å²) in [4.78, 5) is 21.2. The Kier molecular flexibility index (Phi) is 6.01. The molecular weight excluding hydrogens is 411 g/mol. The molecule has 2 aromatic heterocycles. The summed E-state index contributed by atoms with van der Waals surface area (Å²) in [5, 5.41) is 6.97. The number of likely N-dealkylation sites (N-methyl/N-ethyl adjacent to an activating group) is 1. The SMILES string of the molecule is CN1CCN(c2cn3nccc3c(-c3ccc(CNC(=O)OC(C)(C)C)c(F)c3)n2)CC1. The maximum absolute atomic E-state index is 14.9. The number of hydrogen-bond acceptors (Lipinski definition) is 6. The van der Waals surface area contributed by atoms with E-state index in [-0.39, 0.29) is 6.54 Å². The van der Waals surface area contributed by atoms with Crippen molar-refractivity contribution in [3.8, 4) is 11.3 Å². The van der Waals surface area contributed by atoms with Crippen molar-refractivity contribution in [2.45, 2.75) is 32.9 Å². The van der Waals surface area contributed by atoms with Gasteiger partial charge in [-0.15, -0.1) is 0 Å². The summed E-state index contributed by atoms with van der Waals surface area (Å²) in [6.07, 6.45) is 3.05. The largest absolute Gasteiger partial charge is 0.444 e. The molecule has 170 valence electrons. The van der Waals surface area contributed by atoms with Crippen LogP contribution in [0.25, 0.3) is 16.8 Å². The number of aromatic nitrogens is 3. The molecule has 0 unspecified atom stereocenters. The Morgan fingerprint density at radius 3 is 2.62 bits per heavy atom. The minimum atomic E-state index is -0.608. The molecule has 32 heavy (non-hydrogen) atoms. The number of nitrogens with zero attached hydrogens (tertiary/aromatic N) is 5. The molecule has 3 heterocycles. The molecule has 0 bridgehead atoms. The molecular formula is C23H29FN6O2. The van der Waals surface area contributed by atoms with Crippen molar-refractivity contribution in [3.05, 3.63) is 48.0 Å². The van der Waals surface area contributed by atoms with Crippen LogP contribution < -0.4 is 10.2 Å². The summed E-state index contributed by atoms with van der Waals surface area (Å²) >= 11 is 0. The molecule has 1 aliphatic rings. The van der Waals surface area contributed by atoms with Crippen molar-refractivity contribution in [2.75, 3.05) is 38.1 Å². The second kappa shape index (κ2) is 8.74. The molecule has 1 N–H and O–H groups in total. The number of hydrogen-bond donors (Lipinski definition) is 1. The molecule has 4 rings (SSSR count). The van der Waals surface area contributed by atoms with E-state index in [4.69, 9.17) is 9.72 Å². The first-order chi connectivity index (χ1) is 15.2. The third-order valence-corrected chi connectivity index (χ3v) is 5.35. The molecule has 0 radical (unpaired) electrons. The fourth-order valence-corrected chi connectivity index (χ4v) is 3.63. The molecule has 0 saturated carbocycles. The zero-order valence-electron chi connectivity index (χ0n) is 18.9. The van der Waals surface area contributed by atoms with Crippen LogP contribution in [-0.2, 0) is 11.3 Å². The second-order valence-electron chi connectivity index (χ2n) is 9.06. The molecule has 0 spiro atoms. The second-order valence-corrected chi connectivity index (χ2v) is 9.06. The number of carbonyl (C=O) groups is 1. The topological polar surface area (TPSA) is 75.0 Å². The molecule has 1 fully saturated rings. The lowest BCUT2D eigenvalue weighted by Gasteiger charge is -2.33. The lowest BCUT2D eigenvalue weighted by molar-refractivity contribution is 0.0523. The van der Waals surface area contributed by atoms with Crippen molar-refractivity contribution in [1.29, 1.82) is 0 Å². The summed E-state index contributed by atoms with van der Waals surface area (Å²) < 4.78 is 21.9. The van der Waals surface area contributed by atoms with E-state index >= 15 is 0 Å². The third kappa shape index (κ3) is 4.99. The van der Waals surface area contributed by atoms with E-state index < -0.39 is 17.5 Å². The van der Waals surface area contributed by atoms with Crippen LogP contribution in [0.5, 0.6) is 0 Å². The van der Waals surface area contributed by atoms with E-state index in [0.29, 0.717) is 16.8 Å². The van der Waals surface area contributed by atoms with Gasteiger partial charge in [-0.25, -0.2) is 18.7 Å². The number of ether oxygens (including phenoxy) is 1. The molecule has 0 aliphatic carbocycles. The first-order valence-corrected chi connectivity index (χ1v) is 10.7. The Hall–Kier alpha value is -3.20. The summed E-state index contributed by atoms with van der Waals surface area (Å²) in [6, 6.07) is 6.80. The molecule has 0 atom stereocenters. The van der Waals surface area contributed by atoms with Crippen LogP contribution in [0.15, 0.2) is 36.7 Å². The van der Waals surface area contributed by atoms with Crippen LogP contribution in [0.2, 0.25) is 0 Å². The molecule has 3 aromatic rings. The maximum Gasteiger partial charge on any atom is 0.407 e. The number of benzene rings is 1. The van der Waals surface area contributed by atoms with Gasteiger partial charge in [-0.2, -0.15) is 5.10 Å². The lowest BCUT2D eigenvalue weighted by Crippen LogP contribution is -2.44. The van der Waals surface area contributed by atoms with Gasteiger partial charge in [0.2, 0.25) is 0 Å². The predicted molar refractivity (Wildman–Crippen MR) is 121 cm³/mol. The van der Waals surface area contributed by atoms with E-state index in [2.05, 4.69) is 27.3 Å². The zero-order valence-corrected chi connectivity index (χ0v) is 18.9. The van der Waals surface area contributed by atoms with Gasteiger partial charge >= 0.3 is 6.09 Å². The fourth-order valence-electron chi connectivity index (χ4n) is 3.63. The third-order valence-electron chi connectivity index (χ3n) is 5.35. The number of anilines is 1. The number of halogens is 1. The summed E-state index contributed by atoms with van der Waals surface area (Å²) in [5.41, 5.74) is 1.90. The number of piperazine rings is 1. The van der Waals surface area contributed by atoms with Crippen LogP contribution in [0.1, 0.15) is 26.3 Å². The smallest absolute Gasteiger partial charge is 0.407 e. The zero-order chi connectivity index (χ0) is 22.9. The summed E-state index contributed by atoms with van der Waals surface area (Å²) in [5.74, 6) is 0.406. The van der Waals surface area contributed by atoms with Gasteiger partial charge in [0.25, 0.3) is 0 Å². The lowest BCUT2D eigenvalue weighted by atomic mass is 10.1. The van der Waals surface area contributed by atoms with Crippen LogP contribution in [0.4, 0.5) is 15.0 Å². The van der Waals surface area contributed by atoms with Gasteiger partial charge in [-0.1, -0.05) is 12.1 Å². The molecule has 1 aromatic carbocycles. The highest BCUT2D eigenvalue weighted by molar-refractivity contribution is 5.78. The number of fused-ring (bicyclic) bond motifs is 1. The minimum Gasteiger partial charge on any atom is -0.444 e. The predicted octanol–water partition coefficient (Wildman–Crippen LogP) is 3.31. The van der Waals surface area contributed by atoms with Crippen molar-refractivity contribution >= 4 is 17.4 Å². The van der Waals surface area contributed by atoms with E-state index in [9.17, 15) is 9.18 Å². The first kappa shape index (κ1) is 22.0. The molecule has 1 saturated heterocycles. The van der Waals surface area contributed by atoms with Gasteiger partial charge in [-0.3, -0.25) is 0 Å². The highest BCUT2D eigenvalue weighted by Gasteiger charge is 2.19. The van der Waals surface area contributed by atoms with Crippen LogP contribution >= 0.6 is 0 Å². The molecule has 9 heteroatoms. The van der Waals surface area contributed by atoms with Gasteiger partial charge in [-0.05, 0) is 40.0 Å². The Morgan fingerprint density at radius 1 is 1.19 bits per heavy atom. The van der Waals surface area contributed by atoms with E-state index in [0.717, 1.165) is 37.5 Å². The molecule has 8 nitrogen and oxygen atoms in total. The highest BCUT2D eigenvalue weighted by atomic mass is 19.1. The minimum absolute atomic E-state index is 0.0396. The molecule has 1 amide bonds. The Morgan fingerprint density at radius 2 is 1.94 bits per heavy atom. The van der Waals surface area contributed by atoms with Gasteiger partial charge in [0.1, 0.15) is 17.2 Å². The van der Waals surface area contributed by atoms with E-state index in [1.54, 1.807) is 37.5 Å². The number of carbonyl (C=O) groups excluding carboxylic acids is 1. The number of alkyl carbamates (subject to hydrolysis) is 1. The van der Waals surface area contributed by atoms with Crippen molar-refractivity contribution in [1.82, 2.24) is 24.8 Å². The van der Waals surface area contributed by atoms with Gasteiger partial charge in [0.05, 0.1) is 23.6 Å².